The number of hydrogen-bond donors (Lipinski definition) is 2. The van der Waals surface area contributed by atoms with Crippen LogP contribution < -0.4 is 10.5 Å². The van der Waals surface area contributed by atoms with E-state index in [4.69, 9.17) is 16.7 Å². The molecule has 0 atom stereocenters. The fourth-order valence-corrected chi connectivity index (χ4v) is 3.75. The molecule has 0 fully saturated rings. The summed E-state index contributed by atoms with van der Waals surface area (Å²) in [6.45, 7) is 2.07. The molecule has 0 aliphatic rings. The third-order valence-corrected chi connectivity index (χ3v) is 5.39. The van der Waals surface area contributed by atoms with Crippen molar-refractivity contribution in [2.24, 2.45) is 5.14 Å². The first-order chi connectivity index (χ1) is 9.75. The lowest BCUT2D eigenvalue weighted by molar-refractivity contribution is 0.0951. The second-order valence-corrected chi connectivity index (χ2v) is 7.86. The maximum absolute atomic E-state index is 12.0. The van der Waals surface area contributed by atoms with Gasteiger partial charge in [0, 0.05) is 15.5 Å². The number of nitrogens with two attached hydrogens (primary N) is 1. The summed E-state index contributed by atoms with van der Waals surface area (Å²) in [5.74, 6) is -0.272. The van der Waals surface area contributed by atoms with Gasteiger partial charge in [-0.25, -0.2) is 13.6 Å². The van der Waals surface area contributed by atoms with E-state index in [1.807, 2.05) is 6.92 Å². The van der Waals surface area contributed by atoms with Crippen LogP contribution in [0.4, 0.5) is 0 Å². The number of carbonyl (C=O) groups is 1. The van der Waals surface area contributed by atoms with E-state index >= 15 is 0 Å². The van der Waals surface area contributed by atoms with E-state index in [9.17, 15) is 13.2 Å². The summed E-state index contributed by atoms with van der Waals surface area (Å²) in [6.07, 6.45) is 0. The molecule has 8 heteroatoms. The molecule has 0 saturated carbocycles. The van der Waals surface area contributed by atoms with E-state index in [0.29, 0.717) is 15.5 Å². The number of primary sulfonamides is 1. The Hall–Kier alpha value is -1.41. The normalized spacial score (nSPS) is 11.4. The van der Waals surface area contributed by atoms with Crippen LogP contribution >= 0.6 is 22.9 Å². The van der Waals surface area contributed by atoms with Gasteiger partial charge in [0.15, 0.2) is 0 Å². The molecule has 0 radical (unpaired) electrons. The highest BCUT2D eigenvalue weighted by atomic mass is 35.5. The Bertz CT molecular complexity index is 764. The second-order valence-electron chi connectivity index (χ2n) is 4.47. The van der Waals surface area contributed by atoms with Crippen molar-refractivity contribution in [1.29, 1.82) is 0 Å². The molecule has 0 saturated heterocycles. The lowest BCUT2D eigenvalue weighted by Crippen LogP contribution is -2.22. The van der Waals surface area contributed by atoms with Crippen LogP contribution in [0.2, 0.25) is 5.02 Å². The first kappa shape index (κ1) is 16.0. The Kier molecular flexibility index (Phi) is 4.67. The van der Waals surface area contributed by atoms with Crippen LogP contribution in [0.1, 0.15) is 20.8 Å². The molecule has 1 amide bonds. The van der Waals surface area contributed by atoms with Gasteiger partial charge in [-0.15, -0.1) is 11.3 Å². The van der Waals surface area contributed by atoms with Crippen LogP contribution in [0.5, 0.6) is 0 Å². The van der Waals surface area contributed by atoms with E-state index in [1.54, 1.807) is 24.3 Å². The molecule has 3 N–H and O–H groups in total. The second kappa shape index (κ2) is 6.15. The highest BCUT2D eigenvalue weighted by Gasteiger charge is 2.12. The molecule has 1 aromatic carbocycles. The third kappa shape index (κ3) is 4.28. The van der Waals surface area contributed by atoms with Crippen molar-refractivity contribution in [2.45, 2.75) is 17.7 Å². The van der Waals surface area contributed by atoms with Crippen LogP contribution in [0, 0.1) is 6.92 Å². The standard InChI is InChI=1S/C13H13ClN2O3S2/c1-8-4-9(6-10(14)5-8)13(17)16-7-11-2-3-12(20-11)21(15,18)19/h2-6H,7H2,1H3,(H,16,17)(H2,15,18,19). The average Bonchev–Trinajstić information content (AvgIpc) is 2.83. The van der Waals surface area contributed by atoms with Gasteiger partial charge in [0.1, 0.15) is 4.21 Å². The minimum atomic E-state index is -3.70. The molecule has 0 aliphatic carbocycles. The van der Waals surface area contributed by atoms with E-state index in [-0.39, 0.29) is 16.7 Å². The van der Waals surface area contributed by atoms with Crippen LogP contribution in [0.15, 0.2) is 34.5 Å². The zero-order chi connectivity index (χ0) is 15.6. The van der Waals surface area contributed by atoms with Crippen LogP contribution in [-0.2, 0) is 16.6 Å². The molecule has 1 heterocycles. The van der Waals surface area contributed by atoms with E-state index < -0.39 is 10.0 Å². The van der Waals surface area contributed by atoms with Gasteiger partial charge in [0.05, 0.1) is 6.54 Å². The highest BCUT2D eigenvalue weighted by molar-refractivity contribution is 7.91. The fraction of sp³-hybridized carbons (Fsp3) is 0.154. The molecule has 2 aromatic rings. The van der Waals surface area contributed by atoms with Gasteiger partial charge in [-0.3, -0.25) is 4.79 Å². The Morgan fingerprint density at radius 2 is 2.05 bits per heavy atom. The number of nitrogens with one attached hydrogen (secondary N) is 1. The van der Waals surface area contributed by atoms with Crippen molar-refractivity contribution < 1.29 is 13.2 Å². The molecule has 5 nitrogen and oxygen atoms in total. The summed E-state index contributed by atoms with van der Waals surface area (Å²) in [5.41, 5.74) is 1.35. The minimum Gasteiger partial charge on any atom is -0.347 e. The van der Waals surface area contributed by atoms with Crippen molar-refractivity contribution in [3.05, 3.63) is 51.4 Å². The first-order valence-corrected chi connectivity index (χ1v) is 8.67. The molecule has 0 spiro atoms. The van der Waals surface area contributed by atoms with Gasteiger partial charge in [-0.05, 0) is 42.8 Å². The van der Waals surface area contributed by atoms with Crippen molar-refractivity contribution in [3.8, 4) is 0 Å². The highest BCUT2D eigenvalue weighted by Crippen LogP contribution is 2.20. The lowest BCUT2D eigenvalue weighted by atomic mass is 10.1. The summed E-state index contributed by atoms with van der Waals surface area (Å²) < 4.78 is 22.4. The van der Waals surface area contributed by atoms with Crippen molar-refractivity contribution in [2.75, 3.05) is 0 Å². The van der Waals surface area contributed by atoms with Crippen molar-refractivity contribution in [1.82, 2.24) is 5.32 Å². The van der Waals surface area contributed by atoms with Gasteiger partial charge < -0.3 is 5.32 Å². The van der Waals surface area contributed by atoms with Gasteiger partial charge in [0.25, 0.3) is 5.91 Å². The summed E-state index contributed by atoms with van der Waals surface area (Å²) >= 11 is 6.94. The van der Waals surface area contributed by atoms with Gasteiger partial charge in [0.2, 0.25) is 10.0 Å². The van der Waals surface area contributed by atoms with Crippen molar-refractivity contribution >= 4 is 38.9 Å². The number of thiophene rings is 1. The number of sulfonamides is 1. The topological polar surface area (TPSA) is 89.3 Å². The predicted octanol–water partition coefficient (Wildman–Crippen LogP) is 2.29. The Labute approximate surface area is 131 Å². The number of benzene rings is 1. The lowest BCUT2D eigenvalue weighted by Gasteiger charge is -2.05. The molecular weight excluding hydrogens is 332 g/mol. The van der Waals surface area contributed by atoms with Crippen LogP contribution in [-0.4, -0.2) is 14.3 Å². The molecule has 0 aliphatic heterocycles. The minimum absolute atomic E-state index is 0.0744. The molecule has 0 unspecified atom stereocenters. The van der Waals surface area contributed by atoms with E-state index in [0.717, 1.165) is 16.9 Å². The van der Waals surface area contributed by atoms with E-state index in [2.05, 4.69) is 5.32 Å². The number of halogens is 1. The molecule has 2 rings (SSSR count). The molecule has 0 bridgehead atoms. The third-order valence-electron chi connectivity index (χ3n) is 2.64. The Morgan fingerprint density at radius 3 is 2.62 bits per heavy atom. The molecule has 112 valence electrons. The maximum Gasteiger partial charge on any atom is 0.251 e. The Balaban J connectivity index is 2.06. The number of hydrogen-bond acceptors (Lipinski definition) is 4. The summed E-state index contributed by atoms with van der Waals surface area (Å²) in [5, 5.41) is 8.24. The summed E-state index contributed by atoms with van der Waals surface area (Å²) in [6, 6.07) is 8.11. The van der Waals surface area contributed by atoms with Gasteiger partial charge >= 0.3 is 0 Å². The summed E-state index contributed by atoms with van der Waals surface area (Å²) in [4.78, 5) is 12.7. The predicted molar refractivity (Wildman–Crippen MR) is 83.1 cm³/mol. The van der Waals surface area contributed by atoms with Crippen LogP contribution in [0.25, 0.3) is 0 Å². The SMILES string of the molecule is Cc1cc(Cl)cc(C(=O)NCc2ccc(S(N)(=O)=O)s2)c1. The largest absolute Gasteiger partial charge is 0.347 e. The monoisotopic (exact) mass is 344 g/mol. The molecule has 1 aromatic heterocycles. The van der Waals surface area contributed by atoms with Crippen molar-refractivity contribution in [3.63, 3.8) is 0 Å². The molecular formula is C13H13ClN2O3S2. The molecule has 21 heavy (non-hydrogen) atoms. The quantitative estimate of drug-likeness (QED) is 0.891. The zero-order valence-electron chi connectivity index (χ0n) is 11.1. The smallest absolute Gasteiger partial charge is 0.251 e. The number of amides is 1. The number of rotatable bonds is 4. The number of aryl methyl sites for hydroxylation is 1. The Morgan fingerprint density at radius 1 is 1.33 bits per heavy atom. The summed E-state index contributed by atoms with van der Waals surface area (Å²) in [7, 11) is -3.70. The average molecular weight is 345 g/mol. The van der Waals surface area contributed by atoms with Gasteiger partial charge in [-0.1, -0.05) is 11.6 Å². The van der Waals surface area contributed by atoms with E-state index in [1.165, 1.54) is 6.07 Å². The maximum atomic E-state index is 12.0. The fourth-order valence-electron chi connectivity index (χ4n) is 1.74. The number of carbonyl (C=O) groups excluding carboxylic acids is 1. The first-order valence-electron chi connectivity index (χ1n) is 5.92. The van der Waals surface area contributed by atoms with Gasteiger partial charge in [-0.2, -0.15) is 0 Å². The zero-order valence-corrected chi connectivity index (χ0v) is 13.5. The van der Waals surface area contributed by atoms with Crippen LogP contribution in [0.3, 0.4) is 0 Å².